The number of para-hydroxylation sites is 1. The second kappa shape index (κ2) is 5.71. The molecule has 0 fully saturated rings. The van der Waals surface area contributed by atoms with Gasteiger partial charge in [-0.05, 0) is 35.9 Å². The summed E-state index contributed by atoms with van der Waals surface area (Å²) in [7, 11) is 3.28. The van der Waals surface area contributed by atoms with Crippen LogP contribution in [0.25, 0.3) is 5.82 Å². The third kappa shape index (κ3) is 2.63. The molecule has 1 aromatic carbocycles. The van der Waals surface area contributed by atoms with Crippen molar-refractivity contribution in [3.8, 4) is 11.6 Å². The molecule has 0 aliphatic rings. The molecule has 0 bridgehead atoms. The zero-order valence-electron chi connectivity index (χ0n) is 14.4. The summed E-state index contributed by atoms with van der Waals surface area (Å²) in [6.07, 6.45) is 0. The van der Waals surface area contributed by atoms with Gasteiger partial charge in [0.2, 0.25) is 0 Å². The third-order valence-electron chi connectivity index (χ3n) is 3.63. The van der Waals surface area contributed by atoms with Crippen LogP contribution in [0.4, 0.5) is 0 Å². The largest absolute Gasteiger partial charge is 0.488 e. The van der Waals surface area contributed by atoms with E-state index in [1.54, 1.807) is 29.9 Å². The van der Waals surface area contributed by atoms with Crippen molar-refractivity contribution < 1.29 is 6.11 Å². The summed E-state index contributed by atoms with van der Waals surface area (Å²) >= 11 is 0. The van der Waals surface area contributed by atoms with E-state index in [0.717, 1.165) is 21.5 Å². The van der Waals surface area contributed by atoms with Crippen LogP contribution in [0, 0.1) is 13.8 Å². The Morgan fingerprint density at radius 1 is 1.22 bits per heavy atom. The Labute approximate surface area is 134 Å². The predicted molar refractivity (Wildman–Crippen MR) is 83.6 cm³/mol. The third-order valence-corrected chi connectivity index (χ3v) is 3.63. The molecular weight excluding hydrogens is 296 g/mol. The van der Waals surface area contributed by atoms with E-state index >= 15 is 0 Å². The molecule has 0 radical (unpaired) electrons. The summed E-state index contributed by atoms with van der Waals surface area (Å²) in [4.78, 5) is 12.1. The summed E-state index contributed by atoms with van der Waals surface area (Å²) in [6, 6.07) is 5.60. The Hall–Kier alpha value is -2.90. The monoisotopic (exact) mass is 316 g/mol. The molecule has 0 N–H and O–H groups in total. The lowest BCUT2D eigenvalue weighted by atomic mass is 10.2. The average molecular weight is 316 g/mol. The Morgan fingerprint density at radius 2 is 2.00 bits per heavy atom. The second-order valence-electron chi connectivity index (χ2n) is 5.29. The first-order valence-corrected chi connectivity index (χ1v) is 7.10. The number of aromatic nitrogens is 6. The molecule has 23 heavy (non-hydrogen) atoms. The van der Waals surface area contributed by atoms with Gasteiger partial charge in [0.1, 0.15) is 12.4 Å². The van der Waals surface area contributed by atoms with Crippen LogP contribution in [0.5, 0.6) is 5.75 Å². The average Bonchev–Trinajstić information content (AvgIpc) is 2.98. The van der Waals surface area contributed by atoms with E-state index in [1.807, 2.05) is 13.8 Å². The molecule has 0 saturated heterocycles. The fourth-order valence-corrected chi connectivity index (χ4v) is 2.38. The van der Waals surface area contributed by atoms with Gasteiger partial charge in [-0.15, -0.1) is 4.68 Å². The van der Waals surface area contributed by atoms with Crippen LogP contribution < -0.4 is 10.4 Å². The zero-order chi connectivity index (χ0) is 17.4. The minimum atomic E-state index is -0.353. The number of ether oxygens (including phenoxy) is 1. The molecule has 0 spiro atoms. The predicted octanol–water partition coefficient (Wildman–Crippen LogP) is 0.895. The Kier molecular flexibility index (Phi) is 3.41. The van der Waals surface area contributed by atoms with E-state index in [2.05, 4.69) is 15.5 Å². The van der Waals surface area contributed by atoms with Crippen molar-refractivity contribution in [3.63, 3.8) is 0 Å². The van der Waals surface area contributed by atoms with Crippen LogP contribution in [0.3, 0.4) is 0 Å². The molecule has 3 aromatic rings. The number of hydrogen-bond donors (Lipinski definition) is 0. The molecule has 0 amide bonds. The van der Waals surface area contributed by atoms with Crippen LogP contribution in [-0.2, 0) is 20.7 Å². The molecular formula is C15H18N6O2. The van der Waals surface area contributed by atoms with E-state index in [4.69, 9.17) is 6.11 Å². The second-order valence-corrected chi connectivity index (χ2v) is 5.29. The van der Waals surface area contributed by atoms with E-state index in [0.29, 0.717) is 17.6 Å². The van der Waals surface area contributed by atoms with Gasteiger partial charge >= 0.3 is 5.69 Å². The first kappa shape index (κ1) is 13.7. The number of nitrogens with zero attached hydrogens (tertiary/aromatic N) is 6. The van der Waals surface area contributed by atoms with Gasteiger partial charge in [-0.1, -0.05) is 18.2 Å². The summed E-state index contributed by atoms with van der Waals surface area (Å²) < 4.78 is 17.4. The maximum atomic E-state index is 12.1. The van der Waals surface area contributed by atoms with Gasteiger partial charge < -0.3 is 4.74 Å². The summed E-state index contributed by atoms with van der Waals surface area (Å²) in [5.41, 5.74) is 2.03. The minimum Gasteiger partial charge on any atom is -0.488 e. The fourth-order valence-electron chi connectivity index (χ4n) is 2.38. The van der Waals surface area contributed by atoms with Crippen LogP contribution in [0.15, 0.2) is 29.0 Å². The molecule has 2 heterocycles. The molecule has 8 nitrogen and oxygen atoms in total. The Bertz CT molecular complexity index is 956. The van der Waals surface area contributed by atoms with Gasteiger partial charge in [0.15, 0.2) is 5.82 Å². The van der Waals surface area contributed by atoms with Gasteiger partial charge in [-0.25, -0.2) is 4.79 Å². The topological polar surface area (TPSA) is 79.8 Å². The highest BCUT2D eigenvalue weighted by Crippen LogP contribution is 2.21. The van der Waals surface area contributed by atoms with Crippen molar-refractivity contribution in [2.24, 2.45) is 14.1 Å². The molecule has 0 saturated carbocycles. The maximum absolute atomic E-state index is 12.1. The van der Waals surface area contributed by atoms with Crippen molar-refractivity contribution >= 4 is 0 Å². The normalized spacial score (nSPS) is 11.6. The number of rotatable bonds is 4. The number of hydrogen-bond acceptors (Lipinski definition) is 5. The fraction of sp³-hybridized carbons (Fsp3) is 0.333. The summed E-state index contributed by atoms with van der Waals surface area (Å²) in [5, 5.41) is 12.0. The molecule has 2 aromatic heterocycles. The van der Waals surface area contributed by atoms with Gasteiger partial charge in [0.05, 0.1) is 12.6 Å². The van der Waals surface area contributed by atoms with Crippen molar-refractivity contribution in [2.45, 2.75) is 20.5 Å². The SMILES string of the molecule is [3H]c1ccc(OCc2c(C)nn(C)c2-n2nnn(C)c2=O)c(C)c1. The quantitative estimate of drug-likeness (QED) is 0.714. The number of aryl methyl sites for hydroxylation is 4. The lowest BCUT2D eigenvalue weighted by molar-refractivity contribution is 0.302. The van der Waals surface area contributed by atoms with Gasteiger partial charge in [0, 0.05) is 14.1 Å². The summed E-state index contributed by atoms with van der Waals surface area (Å²) in [6.45, 7) is 3.97. The molecule has 120 valence electrons. The molecule has 8 heteroatoms. The van der Waals surface area contributed by atoms with Gasteiger partial charge in [0.25, 0.3) is 0 Å². The number of tetrazole rings is 1. The highest BCUT2D eigenvalue weighted by atomic mass is 16.5. The standard InChI is InChI=1S/C15H18N6O2/c1-10-7-5-6-8-13(10)23-9-12-11(2)16-19(3)14(12)21-15(22)20(4)17-18-21/h5-8H,9H2,1-4H3/i5T. The lowest BCUT2D eigenvalue weighted by Crippen LogP contribution is -2.24. The highest BCUT2D eigenvalue weighted by molar-refractivity contribution is 5.38. The maximum Gasteiger partial charge on any atom is 0.369 e. The molecule has 0 atom stereocenters. The van der Waals surface area contributed by atoms with E-state index in [-0.39, 0.29) is 12.3 Å². The van der Waals surface area contributed by atoms with Crippen LogP contribution in [-0.4, -0.2) is 29.6 Å². The highest BCUT2D eigenvalue weighted by Gasteiger charge is 2.19. The van der Waals surface area contributed by atoms with Crippen LogP contribution >= 0.6 is 0 Å². The smallest absolute Gasteiger partial charge is 0.369 e. The molecule has 3 rings (SSSR count). The van der Waals surface area contributed by atoms with Crippen LogP contribution in [0.2, 0.25) is 0 Å². The van der Waals surface area contributed by atoms with Crippen molar-refractivity contribution in [1.82, 2.24) is 29.6 Å². The van der Waals surface area contributed by atoms with E-state index in [9.17, 15) is 4.79 Å². The first-order valence-electron chi connectivity index (χ1n) is 7.60. The molecule has 0 unspecified atom stereocenters. The van der Waals surface area contributed by atoms with Crippen molar-refractivity contribution in [3.05, 3.63) is 51.5 Å². The first-order chi connectivity index (χ1) is 11.4. The van der Waals surface area contributed by atoms with Gasteiger partial charge in [-0.2, -0.15) is 9.78 Å². The molecule has 0 aliphatic carbocycles. The summed E-state index contributed by atoms with van der Waals surface area (Å²) in [5.74, 6) is 1.21. The van der Waals surface area contributed by atoms with Crippen molar-refractivity contribution in [2.75, 3.05) is 0 Å². The molecule has 0 aliphatic heterocycles. The van der Waals surface area contributed by atoms with E-state index < -0.39 is 0 Å². The van der Waals surface area contributed by atoms with E-state index in [1.165, 1.54) is 11.7 Å². The lowest BCUT2D eigenvalue weighted by Gasteiger charge is -2.10. The van der Waals surface area contributed by atoms with Crippen LogP contribution in [0.1, 0.15) is 18.2 Å². The Balaban J connectivity index is 1.97. The van der Waals surface area contributed by atoms with Crippen molar-refractivity contribution in [1.29, 1.82) is 0 Å². The zero-order valence-corrected chi connectivity index (χ0v) is 13.4. The van der Waals surface area contributed by atoms with Gasteiger partial charge in [-0.3, -0.25) is 4.68 Å². The number of benzene rings is 1. The minimum absolute atomic E-state index is 0.232. The Morgan fingerprint density at radius 3 is 2.65 bits per heavy atom.